The average Bonchev–Trinajstić information content (AvgIpc) is 2.48. The van der Waals surface area contributed by atoms with E-state index in [0.29, 0.717) is 0 Å². The van der Waals surface area contributed by atoms with Gasteiger partial charge in [0.25, 0.3) is 0 Å². The second-order valence-corrected chi connectivity index (χ2v) is 3.36. The van der Waals surface area contributed by atoms with Crippen LogP contribution in [-0.4, -0.2) is 0 Å². The molecule has 3 rings (SSSR count). The summed E-state index contributed by atoms with van der Waals surface area (Å²) in [5.74, 6) is 0. The molecule has 2 aliphatic rings. The topological polar surface area (TPSA) is 36.8 Å². The Kier molecular flexibility index (Phi) is 1.75. The van der Waals surface area contributed by atoms with Gasteiger partial charge in [-0.25, -0.2) is 0 Å². The van der Waals surface area contributed by atoms with E-state index in [1.807, 2.05) is 36.6 Å². The summed E-state index contributed by atoms with van der Waals surface area (Å²) in [5, 5.41) is 13.6. The lowest BCUT2D eigenvalue weighted by Gasteiger charge is -2.09. The lowest BCUT2D eigenvalue weighted by molar-refractivity contribution is 1.10. The minimum absolute atomic E-state index is 0.874. The van der Waals surface area contributed by atoms with Gasteiger partial charge in [-0.1, -0.05) is 24.3 Å². The van der Waals surface area contributed by atoms with Crippen molar-refractivity contribution in [3.63, 3.8) is 0 Å². The van der Waals surface area contributed by atoms with Crippen LogP contribution in [0, 0.1) is 0 Å². The highest BCUT2D eigenvalue weighted by molar-refractivity contribution is 5.66. The van der Waals surface area contributed by atoms with Gasteiger partial charge in [0.2, 0.25) is 0 Å². The van der Waals surface area contributed by atoms with E-state index in [1.54, 1.807) is 6.20 Å². The van der Waals surface area contributed by atoms with Crippen molar-refractivity contribution in [1.82, 2.24) is 5.32 Å². The van der Waals surface area contributed by atoms with Crippen molar-refractivity contribution in [1.29, 1.82) is 0 Å². The fraction of sp³-hybridized carbons (Fsp3) is 0. The van der Waals surface area contributed by atoms with Crippen LogP contribution in [0.4, 0.5) is 0 Å². The predicted octanol–water partition coefficient (Wildman–Crippen LogP) is 0.999. The van der Waals surface area contributed by atoms with E-state index < -0.39 is 0 Å². The molecule has 0 saturated heterocycles. The maximum absolute atomic E-state index is 4.14. The van der Waals surface area contributed by atoms with Crippen LogP contribution in [-0.2, 0) is 0 Å². The van der Waals surface area contributed by atoms with Crippen LogP contribution in [0.1, 0.15) is 0 Å². The molecule has 0 bridgehead atoms. The number of azo groups is 1. The molecule has 0 spiro atoms. The zero-order chi connectivity index (χ0) is 10.1. The van der Waals surface area contributed by atoms with Crippen LogP contribution in [0.3, 0.4) is 0 Å². The van der Waals surface area contributed by atoms with E-state index in [9.17, 15) is 0 Å². The van der Waals surface area contributed by atoms with Crippen molar-refractivity contribution in [3.05, 3.63) is 58.8 Å². The van der Waals surface area contributed by atoms with E-state index >= 15 is 0 Å². The van der Waals surface area contributed by atoms with Crippen molar-refractivity contribution in [2.45, 2.75) is 0 Å². The van der Waals surface area contributed by atoms with Crippen LogP contribution in [0.15, 0.2) is 58.5 Å². The highest BCUT2D eigenvalue weighted by Crippen LogP contribution is 2.13. The smallest absolute Gasteiger partial charge is 0.110 e. The van der Waals surface area contributed by atoms with Crippen molar-refractivity contribution >= 4 is 11.9 Å². The lowest BCUT2D eigenvalue weighted by Crippen LogP contribution is -2.30. The van der Waals surface area contributed by atoms with Gasteiger partial charge in [0.05, 0.1) is 11.9 Å². The molecule has 1 aromatic rings. The van der Waals surface area contributed by atoms with Crippen LogP contribution in [0.5, 0.6) is 0 Å². The summed E-state index contributed by atoms with van der Waals surface area (Å²) in [6, 6.07) is 8.11. The van der Waals surface area contributed by atoms with E-state index in [1.165, 1.54) is 0 Å². The van der Waals surface area contributed by atoms with Gasteiger partial charge in [0.15, 0.2) is 0 Å². The molecule has 0 unspecified atom stereocenters. The molecule has 2 heterocycles. The molecule has 72 valence electrons. The molecule has 0 aliphatic carbocycles. The zero-order valence-corrected chi connectivity index (χ0v) is 8.01. The average molecular weight is 195 g/mol. The van der Waals surface area contributed by atoms with E-state index in [-0.39, 0.29) is 0 Å². The van der Waals surface area contributed by atoms with Gasteiger partial charge < -0.3 is 5.32 Å². The standard InChI is InChI=1S/C12H9N3/c1-2-5-10-9(4-1)8-14-15-11-6-3-7-13-12(10)11/h1-8,13H. The molecule has 0 atom stereocenters. The molecule has 0 saturated carbocycles. The van der Waals surface area contributed by atoms with Crippen molar-refractivity contribution < 1.29 is 0 Å². The number of nitrogens with zero attached hydrogens (tertiary/aromatic N) is 2. The first-order valence-electron chi connectivity index (χ1n) is 4.79. The van der Waals surface area contributed by atoms with Crippen LogP contribution in [0.25, 0.3) is 11.9 Å². The number of fused-ring (bicyclic) bond motifs is 2. The van der Waals surface area contributed by atoms with Gasteiger partial charge in [0, 0.05) is 16.6 Å². The summed E-state index contributed by atoms with van der Waals surface area (Å²) < 4.78 is 0. The molecule has 0 fully saturated rings. The second kappa shape index (κ2) is 3.20. The molecular formula is C12H9N3. The minimum Gasteiger partial charge on any atom is -0.359 e. The molecule has 1 N–H and O–H groups in total. The third kappa shape index (κ3) is 1.29. The Balaban J connectivity index is 2.45. The van der Waals surface area contributed by atoms with Crippen LogP contribution < -0.4 is 15.8 Å². The summed E-state index contributed by atoms with van der Waals surface area (Å²) >= 11 is 0. The van der Waals surface area contributed by atoms with Gasteiger partial charge in [-0.15, -0.1) is 5.11 Å². The number of dihydropyridines is 1. The zero-order valence-electron chi connectivity index (χ0n) is 8.01. The Morgan fingerprint density at radius 1 is 1.13 bits per heavy atom. The first-order chi connectivity index (χ1) is 7.45. The SMILES string of the molecule is C1=CNC2=c3ccccc3=CN=NC2=C1. The van der Waals surface area contributed by atoms with Gasteiger partial charge in [-0.2, -0.15) is 5.11 Å². The second-order valence-electron chi connectivity index (χ2n) is 3.36. The Bertz CT molecular complexity index is 606. The Morgan fingerprint density at radius 3 is 3.07 bits per heavy atom. The van der Waals surface area contributed by atoms with Crippen LogP contribution >= 0.6 is 0 Å². The molecule has 3 heteroatoms. The van der Waals surface area contributed by atoms with Gasteiger partial charge in [-0.05, 0) is 12.2 Å². The molecule has 3 nitrogen and oxygen atoms in total. The van der Waals surface area contributed by atoms with E-state index in [4.69, 9.17) is 0 Å². The Hall–Kier alpha value is -2.16. The third-order valence-corrected chi connectivity index (χ3v) is 2.43. The number of nitrogens with one attached hydrogen (secondary N) is 1. The normalized spacial score (nSPS) is 16.8. The minimum atomic E-state index is 0.874. The Labute approximate surface area is 86.8 Å². The van der Waals surface area contributed by atoms with Crippen LogP contribution in [0.2, 0.25) is 0 Å². The third-order valence-electron chi connectivity index (χ3n) is 2.43. The Morgan fingerprint density at radius 2 is 2.07 bits per heavy atom. The number of allylic oxidation sites excluding steroid dienone is 2. The monoisotopic (exact) mass is 195 g/mol. The van der Waals surface area contributed by atoms with E-state index in [0.717, 1.165) is 21.8 Å². The first kappa shape index (κ1) is 8.17. The predicted molar refractivity (Wildman–Crippen MR) is 58.8 cm³/mol. The summed E-state index contributed by atoms with van der Waals surface area (Å²) in [5.41, 5.74) is 1.89. The van der Waals surface area contributed by atoms with Gasteiger partial charge >= 0.3 is 0 Å². The molecule has 15 heavy (non-hydrogen) atoms. The van der Waals surface area contributed by atoms with Crippen molar-refractivity contribution in [2.75, 3.05) is 0 Å². The highest BCUT2D eigenvalue weighted by atomic mass is 15.1. The van der Waals surface area contributed by atoms with Gasteiger partial charge in [-0.3, -0.25) is 0 Å². The number of hydrogen-bond donors (Lipinski definition) is 1. The molecule has 0 amide bonds. The maximum Gasteiger partial charge on any atom is 0.110 e. The van der Waals surface area contributed by atoms with Gasteiger partial charge in [0.1, 0.15) is 5.70 Å². The fourth-order valence-corrected chi connectivity index (χ4v) is 1.72. The summed E-state index contributed by atoms with van der Waals surface area (Å²) in [7, 11) is 0. The maximum atomic E-state index is 4.14. The number of hydrogen-bond acceptors (Lipinski definition) is 3. The highest BCUT2D eigenvalue weighted by Gasteiger charge is 2.08. The number of rotatable bonds is 0. The molecule has 0 radical (unpaired) electrons. The van der Waals surface area contributed by atoms with Crippen molar-refractivity contribution in [3.8, 4) is 0 Å². The molecule has 1 aromatic carbocycles. The summed E-state index contributed by atoms with van der Waals surface area (Å²) in [6.07, 6.45) is 7.55. The molecule has 0 aromatic heterocycles. The van der Waals surface area contributed by atoms with E-state index in [2.05, 4.69) is 21.6 Å². The summed E-state index contributed by atoms with van der Waals surface area (Å²) in [6.45, 7) is 0. The largest absolute Gasteiger partial charge is 0.359 e. The lowest BCUT2D eigenvalue weighted by atomic mass is 10.1. The fourth-order valence-electron chi connectivity index (χ4n) is 1.72. The molecule has 2 aliphatic heterocycles. The first-order valence-corrected chi connectivity index (χ1v) is 4.79. The number of benzene rings is 1. The quantitative estimate of drug-likeness (QED) is 0.658. The molecular weight excluding hydrogens is 186 g/mol. The summed E-state index contributed by atoms with van der Waals surface area (Å²) in [4.78, 5) is 0. The van der Waals surface area contributed by atoms with Crippen molar-refractivity contribution in [2.24, 2.45) is 10.2 Å².